The molecule has 0 aromatic heterocycles. The lowest BCUT2D eigenvalue weighted by Gasteiger charge is -2.11. The number of halogens is 1. The summed E-state index contributed by atoms with van der Waals surface area (Å²) in [4.78, 5) is 22.2. The van der Waals surface area contributed by atoms with Crippen molar-refractivity contribution in [1.82, 2.24) is 5.32 Å². The molecule has 1 N–H and O–H groups in total. The summed E-state index contributed by atoms with van der Waals surface area (Å²) >= 11 is 3.18. The number of nitrogens with one attached hydrogen (secondary N) is 1. The summed E-state index contributed by atoms with van der Waals surface area (Å²) in [6, 6.07) is 4.48. The van der Waals surface area contributed by atoms with Crippen LogP contribution in [0.5, 0.6) is 0 Å². The van der Waals surface area contributed by atoms with Gasteiger partial charge in [-0.3, -0.25) is 14.9 Å². The Balaban J connectivity index is 2.16. The number of carbonyl (C=O) groups excluding carboxylic acids is 1. The molecule has 0 radical (unpaired) electrons. The summed E-state index contributed by atoms with van der Waals surface area (Å²) in [7, 11) is 0. The van der Waals surface area contributed by atoms with Crippen LogP contribution in [0.25, 0.3) is 0 Å². The topological polar surface area (TPSA) is 72.2 Å². The van der Waals surface area contributed by atoms with Crippen LogP contribution in [0.15, 0.2) is 22.7 Å². The lowest BCUT2D eigenvalue weighted by Crippen LogP contribution is -2.32. The molecule has 0 bridgehead atoms. The zero-order valence-corrected chi connectivity index (χ0v) is 11.3. The molecule has 0 spiro atoms. The Labute approximate surface area is 113 Å². The number of hydrogen-bond acceptors (Lipinski definition) is 3. The monoisotopic (exact) mass is 312 g/mol. The first-order valence-corrected chi connectivity index (χ1v) is 6.61. The number of nitro groups is 1. The fraction of sp³-hybridized carbons (Fsp3) is 0.417. The summed E-state index contributed by atoms with van der Waals surface area (Å²) in [5.41, 5.74) is 0.240. The molecule has 0 aliphatic heterocycles. The molecular formula is C12H13BrN2O3. The van der Waals surface area contributed by atoms with E-state index in [1.807, 2.05) is 0 Å². The average molecular weight is 313 g/mol. The van der Waals surface area contributed by atoms with Crippen molar-refractivity contribution >= 4 is 27.5 Å². The van der Waals surface area contributed by atoms with E-state index in [1.165, 1.54) is 12.1 Å². The number of hydrogen-bond donors (Lipinski definition) is 1. The molecule has 1 amide bonds. The lowest BCUT2D eigenvalue weighted by molar-refractivity contribution is -0.385. The van der Waals surface area contributed by atoms with Gasteiger partial charge < -0.3 is 5.32 Å². The fourth-order valence-corrected chi connectivity index (χ4v) is 2.63. The molecule has 18 heavy (non-hydrogen) atoms. The van der Waals surface area contributed by atoms with E-state index >= 15 is 0 Å². The first-order chi connectivity index (χ1) is 8.56. The van der Waals surface area contributed by atoms with E-state index in [4.69, 9.17) is 0 Å². The smallest absolute Gasteiger partial charge is 0.271 e. The van der Waals surface area contributed by atoms with Crippen LogP contribution in [-0.4, -0.2) is 16.9 Å². The van der Waals surface area contributed by atoms with Crippen LogP contribution in [0.4, 0.5) is 5.69 Å². The zero-order valence-electron chi connectivity index (χ0n) is 9.69. The van der Waals surface area contributed by atoms with E-state index in [1.54, 1.807) is 6.07 Å². The molecule has 0 atom stereocenters. The van der Waals surface area contributed by atoms with Crippen molar-refractivity contribution in [3.05, 3.63) is 38.3 Å². The SMILES string of the molecule is O=C(NC1CCCC1)c1cc(Br)cc([N+](=O)[O-])c1. The highest BCUT2D eigenvalue weighted by atomic mass is 79.9. The quantitative estimate of drug-likeness (QED) is 0.688. The van der Waals surface area contributed by atoms with Crippen molar-refractivity contribution in [3.8, 4) is 0 Å². The molecule has 96 valence electrons. The van der Waals surface area contributed by atoms with Crippen LogP contribution in [0, 0.1) is 10.1 Å². The number of amides is 1. The van der Waals surface area contributed by atoms with E-state index in [9.17, 15) is 14.9 Å². The minimum Gasteiger partial charge on any atom is -0.349 e. The van der Waals surface area contributed by atoms with E-state index in [-0.39, 0.29) is 17.6 Å². The molecule has 1 aromatic rings. The fourth-order valence-electron chi connectivity index (χ4n) is 2.15. The van der Waals surface area contributed by atoms with E-state index in [0.29, 0.717) is 10.0 Å². The van der Waals surface area contributed by atoms with Crippen LogP contribution in [0.3, 0.4) is 0 Å². The Morgan fingerprint density at radius 1 is 1.33 bits per heavy atom. The van der Waals surface area contributed by atoms with Gasteiger partial charge in [-0.25, -0.2) is 0 Å². The third-order valence-electron chi connectivity index (χ3n) is 3.05. The second-order valence-corrected chi connectivity index (χ2v) is 5.33. The molecule has 1 saturated carbocycles. The van der Waals surface area contributed by atoms with Gasteiger partial charge in [0.2, 0.25) is 0 Å². The number of rotatable bonds is 3. The number of non-ortho nitro benzene ring substituents is 1. The second-order valence-electron chi connectivity index (χ2n) is 4.41. The van der Waals surface area contributed by atoms with Gasteiger partial charge in [-0.1, -0.05) is 28.8 Å². The van der Waals surface area contributed by atoms with Gasteiger partial charge in [0.1, 0.15) is 0 Å². The maximum Gasteiger partial charge on any atom is 0.271 e. The van der Waals surface area contributed by atoms with E-state index < -0.39 is 4.92 Å². The molecule has 5 nitrogen and oxygen atoms in total. The van der Waals surface area contributed by atoms with Crippen LogP contribution >= 0.6 is 15.9 Å². The standard InChI is InChI=1S/C12H13BrN2O3/c13-9-5-8(6-11(7-9)15(17)18)12(16)14-10-3-1-2-4-10/h5-7,10H,1-4H2,(H,14,16). The molecule has 0 unspecified atom stereocenters. The average Bonchev–Trinajstić information content (AvgIpc) is 2.80. The van der Waals surface area contributed by atoms with Gasteiger partial charge >= 0.3 is 0 Å². The largest absolute Gasteiger partial charge is 0.349 e. The summed E-state index contributed by atoms with van der Waals surface area (Å²) in [6.07, 6.45) is 4.23. The van der Waals surface area contributed by atoms with Gasteiger partial charge in [0.15, 0.2) is 0 Å². The van der Waals surface area contributed by atoms with Gasteiger partial charge in [-0.15, -0.1) is 0 Å². The molecule has 6 heteroatoms. The minimum atomic E-state index is -0.503. The zero-order chi connectivity index (χ0) is 13.1. The van der Waals surface area contributed by atoms with Gasteiger partial charge in [0.05, 0.1) is 4.92 Å². The van der Waals surface area contributed by atoms with Gasteiger partial charge in [0, 0.05) is 28.2 Å². The summed E-state index contributed by atoms with van der Waals surface area (Å²) < 4.78 is 0.535. The Hall–Kier alpha value is -1.43. The van der Waals surface area contributed by atoms with Crippen LogP contribution < -0.4 is 5.32 Å². The van der Waals surface area contributed by atoms with Crippen LogP contribution in [-0.2, 0) is 0 Å². The molecule has 0 saturated heterocycles. The van der Waals surface area contributed by atoms with Crippen molar-refractivity contribution in [1.29, 1.82) is 0 Å². The predicted octanol–water partition coefficient (Wildman–Crippen LogP) is 3.03. The molecule has 2 rings (SSSR count). The maximum absolute atomic E-state index is 12.0. The highest BCUT2D eigenvalue weighted by Gasteiger charge is 2.19. The van der Waals surface area contributed by atoms with Gasteiger partial charge in [0.25, 0.3) is 11.6 Å². The van der Waals surface area contributed by atoms with Crippen LogP contribution in [0.1, 0.15) is 36.0 Å². The Kier molecular flexibility index (Phi) is 3.96. The minimum absolute atomic E-state index is 0.0825. The maximum atomic E-state index is 12.0. The summed E-state index contributed by atoms with van der Waals surface area (Å²) in [5, 5.41) is 13.6. The molecule has 0 heterocycles. The van der Waals surface area contributed by atoms with E-state index in [2.05, 4.69) is 21.2 Å². The van der Waals surface area contributed by atoms with Crippen molar-refractivity contribution in [3.63, 3.8) is 0 Å². The first-order valence-electron chi connectivity index (χ1n) is 5.82. The van der Waals surface area contributed by atoms with Crippen molar-refractivity contribution in [2.45, 2.75) is 31.7 Å². The third-order valence-corrected chi connectivity index (χ3v) is 3.50. The Bertz CT molecular complexity index is 484. The highest BCUT2D eigenvalue weighted by Crippen LogP contribution is 2.22. The van der Waals surface area contributed by atoms with Gasteiger partial charge in [-0.2, -0.15) is 0 Å². The Morgan fingerprint density at radius 3 is 2.61 bits per heavy atom. The number of benzene rings is 1. The molecular weight excluding hydrogens is 300 g/mol. The second kappa shape index (κ2) is 5.48. The molecule has 1 fully saturated rings. The van der Waals surface area contributed by atoms with Crippen molar-refractivity contribution in [2.75, 3.05) is 0 Å². The van der Waals surface area contributed by atoms with Crippen molar-refractivity contribution in [2.24, 2.45) is 0 Å². The van der Waals surface area contributed by atoms with Crippen LogP contribution in [0.2, 0.25) is 0 Å². The molecule has 1 aromatic carbocycles. The van der Waals surface area contributed by atoms with E-state index in [0.717, 1.165) is 25.7 Å². The summed E-state index contributed by atoms with van der Waals surface area (Å²) in [5.74, 6) is -0.244. The highest BCUT2D eigenvalue weighted by molar-refractivity contribution is 9.10. The Morgan fingerprint density at radius 2 is 2.00 bits per heavy atom. The first kappa shape index (κ1) is 13.0. The lowest BCUT2D eigenvalue weighted by atomic mass is 10.1. The van der Waals surface area contributed by atoms with Crippen molar-refractivity contribution < 1.29 is 9.72 Å². The van der Waals surface area contributed by atoms with Gasteiger partial charge in [-0.05, 0) is 18.9 Å². The molecule has 1 aliphatic carbocycles. The molecule has 1 aliphatic rings. The normalized spacial score (nSPS) is 15.6. The number of nitrogens with zero attached hydrogens (tertiary/aromatic N) is 1. The number of nitro benzene ring substituents is 1. The summed E-state index contributed by atoms with van der Waals surface area (Å²) in [6.45, 7) is 0. The predicted molar refractivity (Wildman–Crippen MR) is 70.5 cm³/mol. The number of carbonyl (C=O) groups is 1. The third kappa shape index (κ3) is 3.07.